The fourth-order valence-corrected chi connectivity index (χ4v) is 3.10. The predicted octanol–water partition coefficient (Wildman–Crippen LogP) is 1.81. The van der Waals surface area contributed by atoms with Gasteiger partial charge in [-0.25, -0.2) is 0 Å². The van der Waals surface area contributed by atoms with Gasteiger partial charge in [0, 0.05) is 35.6 Å². The zero-order chi connectivity index (χ0) is 26.6. The molecular weight excluding hydrogens is 476 g/mol. The van der Waals surface area contributed by atoms with Crippen LogP contribution in [0.5, 0.6) is 0 Å². The van der Waals surface area contributed by atoms with Gasteiger partial charge in [-0.3, -0.25) is 50.0 Å². The van der Waals surface area contributed by atoms with Gasteiger partial charge >= 0.3 is 0 Å². The number of rotatable bonds is 2. The second kappa shape index (κ2) is 10.1. The highest BCUT2D eigenvalue weighted by molar-refractivity contribution is 6.22. The Morgan fingerprint density at radius 2 is 0.917 bits per heavy atom. The summed E-state index contributed by atoms with van der Waals surface area (Å²) in [4.78, 5) is 63.8. The third-order valence-electron chi connectivity index (χ3n) is 4.77. The molecule has 3 aromatic rings. The number of nitrogens with two attached hydrogens (primary N) is 2. The van der Waals surface area contributed by atoms with Gasteiger partial charge in [-0.05, 0) is 30.3 Å². The number of imide groups is 2. The zero-order valence-electron chi connectivity index (χ0n) is 18.1. The van der Waals surface area contributed by atoms with Crippen molar-refractivity contribution in [3.8, 4) is 0 Å². The van der Waals surface area contributed by atoms with Gasteiger partial charge < -0.3 is 11.5 Å². The Kier molecular flexibility index (Phi) is 7.00. The van der Waals surface area contributed by atoms with Crippen LogP contribution >= 0.6 is 0 Å². The molecule has 0 unspecified atom stereocenters. The maximum Gasteiger partial charge on any atom is 0.270 e. The van der Waals surface area contributed by atoms with E-state index in [9.17, 15) is 39.4 Å². The number of nitro groups is 2. The van der Waals surface area contributed by atoms with Gasteiger partial charge in [0.2, 0.25) is 0 Å². The third kappa shape index (κ3) is 5.45. The third-order valence-corrected chi connectivity index (χ3v) is 4.77. The molecular formula is C22H16N6O8. The van der Waals surface area contributed by atoms with E-state index in [0.717, 1.165) is 12.1 Å². The first-order chi connectivity index (χ1) is 17.0. The molecule has 36 heavy (non-hydrogen) atoms. The van der Waals surface area contributed by atoms with Crippen molar-refractivity contribution in [3.05, 3.63) is 103 Å². The Hall–Kier alpha value is -5.66. The number of nitro benzene ring substituents is 2. The first kappa shape index (κ1) is 25.0. The highest BCUT2D eigenvalue weighted by atomic mass is 16.6. The van der Waals surface area contributed by atoms with Gasteiger partial charge in [-0.1, -0.05) is 6.07 Å². The second-order valence-corrected chi connectivity index (χ2v) is 7.21. The van der Waals surface area contributed by atoms with Crippen molar-refractivity contribution in [3.63, 3.8) is 0 Å². The van der Waals surface area contributed by atoms with E-state index in [2.05, 4.69) is 0 Å². The van der Waals surface area contributed by atoms with Crippen molar-refractivity contribution in [1.29, 1.82) is 0 Å². The number of carbonyl (C=O) groups is 4. The molecule has 2 aliphatic heterocycles. The molecule has 14 nitrogen and oxygen atoms in total. The lowest BCUT2D eigenvalue weighted by Gasteiger charge is -1.93. The second-order valence-electron chi connectivity index (χ2n) is 7.21. The minimum absolute atomic E-state index is 0.0594. The highest BCUT2D eigenvalue weighted by Gasteiger charge is 2.29. The Morgan fingerprint density at radius 1 is 0.556 bits per heavy atom. The standard InChI is InChI=1S/2C8H4N2O4.C6H8N2/c2*11-7-5-2-1-4(10(13)14)3-6(5)8(12)9-7;7-5-2-1-3-6(8)4-5/h2*1-3H,(H,9,11,12);1-4H,7-8H2. The lowest BCUT2D eigenvalue weighted by molar-refractivity contribution is -0.385. The minimum Gasteiger partial charge on any atom is -0.399 e. The van der Waals surface area contributed by atoms with Crippen LogP contribution in [-0.4, -0.2) is 33.5 Å². The van der Waals surface area contributed by atoms with Crippen LogP contribution in [0.4, 0.5) is 22.7 Å². The summed E-state index contributed by atoms with van der Waals surface area (Å²) in [5.41, 5.74) is 12.3. The summed E-state index contributed by atoms with van der Waals surface area (Å²) < 4.78 is 0. The number of nitrogen functional groups attached to an aromatic ring is 2. The van der Waals surface area contributed by atoms with Crippen molar-refractivity contribution in [2.24, 2.45) is 0 Å². The lowest BCUT2D eigenvalue weighted by atomic mass is 10.1. The minimum atomic E-state index is -0.615. The molecule has 6 N–H and O–H groups in total. The average Bonchev–Trinajstić information content (AvgIpc) is 3.28. The molecule has 0 saturated heterocycles. The van der Waals surface area contributed by atoms with E-state index < -0.39 is 33.5 Å². The maximum atomic E-state index is 11.1. The molecule has 2 heterocycles. The van der Waals surface area contributed by atoms with Crippen LogP contribution in [-0.2, 0) is 0 Å². The number of amides is 4. The Morgan fingerprint density at radius 3 is 1.22 bits per heavy atom. The summed E-state index contributed by atoms with van der Waals surface area (Å²) in [5.74, 6) is -2.21. The average molecular weight is 492 g/mol. The largest absolute Gasteiger partial charge is 0.399 e. The topological polar surface area (TPSA) is 231 Å². The Bertz CT molecular complexity index is 1350. The molecule has 14 heteroatoms. The van der Waals surface area contributed by atoms with Crippen molar-refractivity contribution >= 4 is 46.4 Å². The Balaban J connectivity index is 0.000000157. The lowest BCUT2D eigenvalue weighted by Crippen LogP contribution is -2.19. The van der Waals surface area contributed by atoms with E-state index in [0.29, 0.717) is 11.4 Å². The molecule has 2 aliphatic rings. The smallest absolute Gasteiger partial charge is 0.270 e. The quantitative estimate of drug-likeness (QED) is 0.175. The molecule has 0 bridgehead atoms. The van der Waals surface area contributed by atoms with E-state index in [1.807, 2.05) is 16.7 Å². The van der Waals surface area contributed by atoms with Crippen LogP contribution < -0.4 is 22.1 Å². The van der Waals surface area contributed by atoms with E-state index in [-0.39, 0.29) is 33.6 Å². The number of nitrogens with one attached hydrogen (secondary N) is 2. The molecule has 4 amide bonds. The number of hydrogen-bond acceptors (Lipinski definition) is 10. The van der Waals surface area contributed by atoms with Crippen LogP contribution in [0, 0.1) is 20.2 Å². The van der Waals surface area contributed by atoms with Crippen LogP contribution in [0.1, 0.15) is 41.4 Å². The van der Waals surface area contributed by atoms with Gasteiger partial charge in [-0.15, -0.1) is 0 Å². The first-order valence-corrected chi connectivity index (χ1v) is 9.87. The summed E-state index contributed by atoms with van der Waals surface area (Å²) in [5, 5.41) is 24.9. The van der Waals surface area contributed by atoms with Crippen molar-refractivity contribution < 1.29 is 29.0 Å². The molecule has 0 aliphatic carbocycles. The summed E-state index contributed by atoms with van der Waals surface area (Å²) >= 11 is 0. The van der Waals surface area contributed by atoms with Crippen molar-refractivity contribution in [2.45, 2.75) is 0 Å². The first-order valence-electron chi connectivity index (χ1n) is 9.87. The molecule has 0 fully saturated rings. The molecule has 5 rings (SSSR count). The van der Waals surface area contributed by atoms with Gasteiger partial charge in [0.25, 0.3) is 35.0 Å². The monoisotopic (exact) mass is 492 g/mol. The van der Waals surface area contributed by atoms with Gasteiger partial charge in [0.1, 0.15) is 0 Å². The fraction of sp³-hybridized carbons (Fsp3) is 0. The van der Waals surface area contributed by atoms with Crippen LogP contribution in [0.2, 0.25) is 0 Å². The molecule has 0 radical (unpaired) electrons. The van der Waals surface area contributed by atoms with E-state index in [1.54, 1.807) is 18.2 Å². The summed E-state index contributed by atoms with van der Waals surface area (Å²) in [6.07, 6.45) is 0. The summed E-state index contributed by atoms with van der Waals surface area (Å²) in [6, 6.07) is 14.3. The molecule has 3 aromatic carbocycles. The normalized spacial score (nSPS) is 12.7. The molecule has 0 atom stereocenters. The van der Waals surface area contributed by atoms with Crippen LogP contribution in [0.15, 0.2) is 60.7 Å². The van der Waals surface area contributed by atoms with Crippen LogP contribution in [0.3, 0.4) is 0 Å². The number of benzene rings is 3. The highest BCUT2D eigenvalue weighted by Crippen LogP contribution is 2.22. The fourth-order valence-electron chi connectivity index (χ4n) is 3.10. The van der Waals surface area contributed by atoms with Gasteiger partial charge in [-0.2, -0.15) is 0 Å². The SMILES string of the molecule is Nc1cccc(N)c1.O=C1NC(=O)c2cc([N+](=O)[O-])ccc21.O=C1NC(=O)c2cc([N+](=O)[O-])ccc21. The van der Waals surface area contributed by atoms with Gasteiger partial charge in [0.15, 0.2) is 0 Å². The zero-order valence-corrected chi connectivity index (χ0v) is 18.1. The number of anilines is 2. The summed E-state index contributed by atoms with van der Waals surface area (Å²) in [6.45, 7) is 0. The molecule has 0 spiro atoms. The predicted molar refractivity (Wildman–Crippen MR) is 125 cm³/mol. The number of nitrogens with zero attached hydrogens (tertiary/aromatic N) is 2. The number of hydrogen-bond donors (Lipinski definition) is 4. The van der Waals surface area contributed by atoms with Crippen molar-refractivity contribution in [1.82, 2.24) is 10.6 Å². The number of non-ortho nitro benzene ring substituents is 2. The van der Waals surface area contributed by atoms with Gasteiger partial charge in [0.05, 0.1) is 32.1 Å². The van der Waals surface area contributed by atoms with E-state index >= 15 is 0 Å². The number of carbonyl (C=O) groups excluding carboxylic acids is 4. The molecule has 0 aromatic heterocycles. The summed E-state index contributed by atoms with van der Waals surface area (Å²) in [7, 11) is 0. The number of fused-ring (bicyclic) bond motifs is 2. The van der Waals surface area contributed by atoms with E-state index in [1.165, 1.54) is 24.3 Å². The maximum absolute atomic E-state index is 11.1. The Labute approximate surface area is 201 Å². The van der Waals surface area contributed by atoms with Crippen LogP contribution in [0.25, 0.3) is 0 Å². The van der Waals surface area contributed by atoms with E-state index in [4.69, 9.17) is 11.5 Å². The van der Waals surface area contributed by atoms with Crippen molar-refractivity contribution in [2.75, 3.05) is 11.5 Å². The molecule has 182 valence electrons. The molecule has 0 saturated carbocycles.